The molecule has 3 aromatic rings. The van der Waals surface area contributed by atoms with E-state index in [0.717, 1.165) is 20.3 Å². The van der Waals surface area contributed by atoms with E-state index in [-0.39, 0.29) is 17.2 Å². The Morgan fingerprint density at radius 1 is 1.21 bits per heavy atom. The number of thiazole rings is 1. The summed E-state index contributed by atoms with van der Waals surface area (Å²) in [6, 6.07) is 11.7. The maximum atomic E-state index is 12.5. The zero-order chi connectivity index (χ0) is 20.3. The van der Waals surface area contributed by atoms with Gasteiger partial charge in [-0.05, 0) is 37.3 Å². The fourth-order valence-electron chi connectivity index (χ4n) is 2.54. The van der Waals surface area contributed by atoms with Gasteiger partial charge in [-0.3, -0.25) is 4.79 Å². The predicted octanol–water partition coefficient (Wildman–Crippen LogP) is 3.24. The molecule has 0 bridgehead atoms. The minimum atomic E-state index is -3.59. The summed E-state index contributed by atoms with van der Waals surface area (Å²) in [4.78, 5) is 17.1. The number of Topliss-reactive ketones (excluding diaryl/α,β-unsaturated/α-hetero) is 1. The Balaban J connectivity index is 1.73. The topological polar surface area (TPSA) is 88.6 Å². The van der Waals surface area contributed by atoms with Crippen molar-refractivity contribution in [3.63, 3.8) is 0 Å². The van der Waals surface area contributed by atoms with Crippen LogP contribution < -0.4 is 10.1 Å². The van der Waals surface area contributed by atoms with Gasteiger partial charge in [-0.2, -0.15) is 0 Å². The van der Waals surface area contributed by atoms with Crippen LogP contribution in [0.3, 0.4) is 0 Å². The molecule has 0 aliphatic rings. The lowest BCUT2D eigenvalue weighted by atomic mass is 10.1. The molecular weight excluding hydrogens is 398 g/mol. The second-order valence-electron chi connectivity index (χ2n) is 6.17. The van der Waals surface area contributed by atoms with Crippen molar-refractivity contribution < 1.29 is 17.9 Å². The molecule has 3 rings (SSSR count). The molecule has 0 saturated carbocycles. The highest BCUT2D eigenvalue weighted by atomic mass is 32.2. The number of carbonyl (C=O) groups is 1. The summed E-state index contributed by atoms with van der Waals surface area (Å²) in [5.74, 6) is 0.560. The van der Waals surface area contributed by atoms with E-state index in [0.29, 0.717) is 17.3 Å². The molecule has 1 N–H and O–H groups in total. The molecule has 9 heteroatoms. The van der Waals surface area contributed by atoms with Gasteiger partial charge in [-0.25, -0.2) is 17.7 Å². The van der Waals surface area contributed by atoms with Crippen LogP contribution in [0.1, 0.15) is 17.3 Å². The first-order chi connectivity index (χ1) is 13.3. The van der Waals surface area contributed by atoms with Gasteiger partial charge < -0.3 is 10.1 Å². The monoisotopic (exact) mass is 419 g/mol. The molecule has 1 heterocycles. The maximum absolute atomic E-state index is 12.5. The molecule has 0 saturated heterocycles. The molecule has 0 unspecified atom stereocenters. The number of aromatic nitrogens is 1. The lowest BCUT2D eigenvalue weighted by Gasteiger charge is -2.12. The van der Waals surface area contributed by atoms with Crippen molar-refractivity contribution >= 4 is 42.5 Å². The average Bonchev–Trinajstić information content (AvgIpc) is 3.08. The van der Waals surface area contributed by atoms with Gasteiger partial charge in [0.2, 0.25) is 10.0 Å². The van der Waals surface area contributed by atoms with E-state index in [2.05, 4.69) is 10.3 Å². The number of sulfonamides is 1. The normalized spacial score (nSPS) is 11.7. The van der Waals surface area contributed by atoms with E-state index >= 15 is 0 Å². The molecule has 148 valence electrons. The van der Waals surface area contributed by atoms with Gasteiger partial charge in [0.05, 0.1) is 28.3 Å². The third-order valence-corrected chi connectivity index (χ3v) is 6.79. The summed E-state index contributed by atoms with van der Waals surface area (Å²) in [5.41, 5.74) is 1.15. The van der Waals surface area contributed by atoms with Crippen molar-refractivity contribution in [2.75, 3.05) is 32.6 Å². The summed E-state index contributed by atoms with van der Waals surface area (Å²) in [6.07, 6.45) is 0. The highest BCUT2D eigenvalue weighted by molar-refractivity contribution is 7.89. The number of hydrogen-bond donors (Lipinski definition) is 1. The molecule has 1 aromatic heterocycles. The zero-order valence-corrected chi connectivity index (χ0v) is 17.4. The number of nitrogens with zero attached hydrogens (tertiary/aromatic N) is 2. The number of ketones is 1. The molecule has 0 fully saturated rings. The number of rotatable bonds is 8. The minimum absolute atomic E-state index is 0.0175. The molecule has 0 aliphatic carbocycles. The van der Waals surface area contributed by atoms with Gasteiger partial charge in [-0.1, -0.05) is 23.5 Å². The lowest BCUT2D eigenvalue weighted by molar-refractivity contribution is 0.101. The van der Waals surface area contributed by atoms with Crippen LogP contribution >= 0.6 is 11.3 Å². The molecule has 0 spiro atoms. The molecule has 28 heavy (non-hydrogen) atoms. The summed E-state index contributed by atoms with van der Waals surface area (Å²) < 4.78 is 32.0. The van der Waals surface area contributed by atoms with Gasteiger partial charge in [0.1, 0.15) is 5.75 Å². The van der Waals surface area contributed by atoms with E-state index < -0.39 is 10.0 Å². The predicted molar refractivity (Wildman–Crippen MR) is 111 cm³/mol. The van der Waals surface area contributed by atoms with E-state index in [1.165, 1.54) is 37.6 Å². The number of carbonyl (C=O) groups excluding carboxylic acids is 1. The molecule has 0 aliphatic heterocycles. The van der Waals surface area contributed by atoms with Crippen LogP contribution in [-0.4, -0.2) is 50.7 Å². The first-order valence-corrected chi connectivity index (χ1v) is 10.9. The highest BCUT2D eigenvalue weighted by Crippen LogP contribution is 2.29. The number of ether oxygens (including phenoxy) is 1. The molecule has 0 amide bonds. The van der Waals surface area contributed by atoms with Crippen molar-refractivity contribution in [1.82, 2.24) is 9.29 Å². The number of benzene rings is 2. The number of hydrogen-bond acceptors (Lipinski definition) is 7. The Bertz CT molecular complexity index is 1110. The Hall–Kier alpha value is -2.49. The van der Waals surface area contributed by atoms with E-state index in [1.54, 1.807) is 12.1 Å². The number of nitrogens with one attached hydrogen (secondary N) is 1. The SMILES string of the molecule is CCOc1ccc2nc(NCC(=O)c3cccc(S(=O)(=O)N(C)C)c3)sc2c1. The van der Waals surface area contributed by atoms with E-state index in [4.69, 9.17) is 4.74 Å². The van der Waals surface area contributed by atoms with Crippen LogP contribution in [0.5, 0.6) is 5.75 Å². The number of anilines is 1. The van der Waals surface area contributed by atoms with Crippen LogP contribution in [0.4, 0.5) is 5.13 Å². The van der Waals surface area contributed by atoms with Crippen LogP contribution in [0.15, 0.2) is 47.4 Å². The quantitative estimate of drug-likeness (QED) is 0.564. The van der Waals surface area contributed by atoms with Crippen LogP contribution in [0.25, 0.3) is 10.2 Å². The summed E-state index contributed by atoms with van der Waals surface area (Å²) in [5, 5.41) is 3.64. The Kier molecular flexibility index (Phi) is 5.97. The fourth-order valence-corrected chi connectivity index (χ4v) is 4.37. The molecule has 2 aromatic carbocycles. The first kappa shape index (κ1) is 20.2. The molecule has 0 atom stereocenters. The largest absolute Gasteiger partial charge is 0.494 e. The lowest BCUT2D eigenvalue weighted by Crippen LogP contribution is -2.22. The van der Waals surface area contributed by atoms with Gasteiger partial charge >= 0.3 is 0 Å². The van der Waals surface area contributed by atoms with Crippen molar-refractivity contribution in [3.05, 3.63) is 48.0 Å². The van der Waals surface area contributed by atoms with Gasteiger partial charge in [0, 0.05) is 19.7 Å². The van der Waals surface area contributed by atoms with Gasteiger partial charge in [0.25, 0.3) is 0 Å². The van der Waals surface area contributed by atoms with Crippen LogP contribution in [0, 0.1) is 0 Å². The second kappa shape index (κ2) is 8.26. The first-order valence-electron chi connectivity index (χ1n) is 8.64. The Morgan fingerprint density at radius 3 is 2.71 bits per heavy atom. The van der Waals surface area contributed by atoms with Crippen LogP contribution in [-0.2, 0) is 10.0 Å². The van der Waals surface area contributed by atoms with E-state index in [9.17, 15) is 13.2 Å². The summed E-state index contributed by atoms with van der Waals surface area (Å²) >= 11 is 1.43. The van der Waals surface area contributed by atoms with Crippen molar-refractivity contribution in [3.8, 4) is 5.75 Å². The standard InChI is InChI=1S/C19H21N3O4S2/c1-4-26-14-8-9-16-18(11-14)27-19(21-16)20-12-17(23)13-6-5-7-15(10-13)28(24,25)22(2)3/h5-11H,4,12H2,1-3H3,(H,20,21). The average molecular weight is 420 g/mol. The maximum Gasteiger partial charge on any atom is 0.242 e. The summed E-state index contributed by atoms with van der Waals surface area (Å²) in [7, 11) is -0.680. The molecular formula is C19H21N3O4S2. The smallest absolute Gasteiger partial charge is 0.242 e. The zero-order valence-electron chi connectivity index (χ0n) is 15.8. The molecule has 0 radical (unpaired) electrons. The third kappa shape index (κ3) is 4.32. The van der Waals surface area contributed by atoms with Crippen LogP contribution in [0.2, 0.25) is 0 Å². The fraction of sp³-hybridized carbons (Fsp3) is 0.263. The minimum Gasteiger partial charge on any atom is -0.494 e. The Morgan fingerprint density at radius 2 is 2.00 bits per heavy atom. The van der Waals surface area contributed by atoms with Gasteiger partial charge in [0.15, 0.2) is 10.9 Å². The summed E-state index contributed by atoms with van der Waals surface area (Å²) in [6.45, 7) is 2.53. The van der Waals surface area contributed by atoms with Crippen molar-refractivity contribution in [2.45, 2.75) is 11.8 Å². The number of fused-ring (bicyclic) bond motifs is 1. The second-order valence-corrected chi connectivity index (χ2v) is 9.36. The van der Waals surface area contributed by atoms with E-state index in [1.807, 2.05) is 25.1 Å². The Labute approximate surface area is 168 Å². The third-order valence-electron chi connectivity index (χ3n) is 4.01. The van der Waals surface area contributed by atoms with Crippen molar-refractivity contribution in [2.24, 2.45) is 0 Å². The van der Waals surface area contributed by atoms with Gasteiger partial charge in [-0.15, -0.1) is 0 Å². The van der Waals surface area contributed by atoms with Crippen molar-refractivity contribution in [1.29, 1.82) is 0 Å². The highest BCUT2D eigenvalue weighted by Gasteiger charge is 2.18. The molecule has 7 nitrogen and oxygen atoms in total.